The predicted octanol–water partition coefficient (Wildman–Crippen LogP) is 4.83. The number of hydrogen-bond acceptors (Lipinski definition) is 5. The number of aromatic nitrogens is 3. The maximum absolute atomic E-state index is 9.02. The maximum Gasteiger partial charge on any atom is 0.210 e. The Morgan fingerprint density at radius 3 is 1.88 bits per heavy atom. The molecule has 0 saturated carbocycles. The summed E-state index contributed by atoms with van der Waals surface area (Å²) in [5.74, 6) is 0. The number of nitrogens with zero attached hydrogens (tertiary/aromatic N) is 4. The van der Waals surface area contributed by atoms with Gasteiger partial charge in [-0.1, -0.05) is 71.4 Å². The summed E-state index contributed by atoms with van der Waals surface area (Å²) in [7, 11) is 0. The minimum absolute atomic E-state index is 0.224. The molecule has 0 spiro atoms. The summed E-state index contributed by atoms with van der Waals surface area (Å²) in [5, 5.41) is 18.0. The molecule has 0 aliphatic heterocycles. The average molecular weight is 346 g/mol. The van der Waals surface area contributed by atoms with Crippen molar-refractivity contribution in [3.63, 3.8) is 0 Å². The van der Waals surface area contributed by atoms with E-state index in [-0.39, 0.29) is 5.25 Å². The SMILES string of the molecule is Cc1ccc(-c2nnc(SC(C)C#N)nc2-c2ccc(C)cc2)cc1. The molecule has 2 aromatic carbocycles. The first-order chi connectivity index (χ1) is 12.1. The summed E-state index contributed by atoms with van der Waals surface area (Å²) in [6.45, 7) is 5.93. The van der Waals surface area contributed by atoms with Crippen molar-refractivity contribution in [2.24, 2.45) is 0 Å². The van der Waals surface area contributed by atoms with Crippen LogP contribution in [0.15, 0.2) is 53.7 Å². The monoisotopic (exact) mass is 346 g/mol. The van der Waals surface area contributed by atoms with Gasteiger partial charge in [0.05, 0.1) is 11.3 Å². The van der Waals surface area contributed by atoms with Gasteiger partial charge in [0.1, 0.15) is 11.4 Å². The zero-order valence-electron chi connectivity index (χ0n) is 14.4. The zero-order valence-corrected chi connectivity index (χ0v) is 15.2. The molecule has 0 fully saturated rings. The van der Waals surface area contributed by atoms with Gasteiger partial charge in [-0.15, -0.1) is 10.2 Å². The van der Waals surface area contributed by atoms with Crippen molar-refractivity contribution in [3.05, 3.63) is 59.7 Å². The van der Waals surface area contributed by atoms with Crippen molar-refractivity contribution >= 4 is 11.8 Å². The second-order valence-corrected chi connectivity index (χ2v) is 7.22. The van der Waals surface area contributed by atoms with E-state index in [1.54, 1.807) is 0 Å². The van der Waals surface area contributed by atoms with Crippen LogP contribution < -0.4 is 0 Å². The summed E-state index contributed by atoms with van der Waals surface area (Å²) < 4.78 is 0. The van der Waals surface area contributed by atoms with Crippen LogP contribution in [0.4, 0.5) is 0 Å². The minimum atomic E-state index is -0.224. The van der Waals surface area contributed by atoms with Crippen LogP contribution in [0.3, 0.4) is 0 Å². The molecule has 1 atom stereocenters. The van der Waals surface area contributed by atoms with Crippen LogP contribution in [0.2, 0.25) is 0 Å². The minimum Gasteiger partial charge on any atom is -0.219 e. The summed E-state index contributed by atoms with van der Waals surface area (Å²) in [5.41, 5.74) is 5.88. The van der Waals surface area contributed by atoms with Crippen molar-refractivity contribution in [2.75, 3.05) is 0 Å². The highest BCUT2D eigenvalue weighted by Gasteiger charge is 2.15. The quantitative estimate of drug-likeness (QED) is 0.633. The summed E-state index contributed by atoms with van der Waals surface area (Å²) in [4.78, 5) is 4.70. The van der Waals surface area contributed by atoms with E-state index in [1.807, 2.05) is 31.2 Å². The molecule has 4 nitrogen and oxygen atoms in total. The fourth-order valence-corrected chi connectivity index (χ4v) is 2.96. The van der Waals surface area contributed by atoms with E-state index in [9.17, 15) is 0 Å². The smallest absolute Gasteiger partial charge is 0.210 e. The van der Waals surface area contributed by atoms with Gasteiger partial charge >= 0.3 is 0 Å². The fourth-order valence-electron chi connectivity index (χ4n) is 2.36. The Labute approximate surface area is 152 Å². The Hall–Kier alpha value is -2.71. The summed E-state index contributed by atoms with van der Waals surface area (Å²) in [6.07, 6.45) is 0. The Bertz CT molecular complexity index is 912. The number of nitriles is 1. The molecule has 3 aromatic rings. The zero-order chi connectivity index (χ0) is 17.8. The Morgan fingerprint density at radius 2 is 1.36 bits per heavy atom. The molecule has 0 bridgehead atoms. The molecule has 0 N–H and O–H groups in total. The van der Waals surface area contributed by atoms with E-state index >= 15 is 0 Å². The lowest BCUT2D eigenvalue weighted by Crippen LogP contribution is -2.01. The molecule has 0 saturated heterocycles. The lowest BCUT2D eigenvalue weighted by atomic mass is 10.0. The summed E-state index contributed by atoms with van der Waals surface area (Å²) >= 11 is 1.32. The highest BCUT2D eigenvalue weighted by atomic mass is 32.2. The lowest BCUT2D eigenvalue weighted by molar-refractivity contribution is 0.848. The van der Waals surface area contributed by atoms with Crippen molar-refractivity contribution in [1.82, 2.24) is 15.2 Å². The first kappa shape index (κ1) is 17.1. The van der Waals surface area contributed by atoms with Gasteiger partial charge in [-0.25, -0.2) is 4.98 Å². The van der Waals surface area contributed by atoms with E-state index in [2.05, 4.69) is 54.4 Å². The molecular formula is C20H18N4S. The Balaban J connectivity index is 2.12. The Kier molecular flexibility index (Phi) is 5.11. The van der Waals surface area contributed by atoms with Crippen molar-refractivity contribution in [3.8, 4) is 28.6 Å². The molecular weight excluding hydrogens is 328 g/mol. The first-order valence-corrected chi connectivity index (χ1v) is 8.90. The van der Waals surface area contributed by atoms with E-state index in [0.29, 0.717) is 5.16 Å². The third-order valence-electron chi connectivity index (χ3n) is 3.78. The highest BCUT2D eigenvalue weighted by Crippen LogP contribution is 2.31. The first-order valence-electron chi connectivity index (χ1n) is 8.02. The summed E-state index contributed by atoms with van der Waals surface area (Å²) in [6, 6.07) is 18.5. The van der Waals surface area contributed by atoms with Gasteiger partial charge in [0, 0.05) is 11.1 Å². The molecule has 25 heavy (non-hydrogen) atoms. The van der Waals surface area contributed by atoms with Crippen molar-refractivity contribution in [2.45, 2.75) is 31.2 Å². The van der Waals surface area contributed by atoms with E-state index < -0.39 is 0 Å². The molecule has 3 rings (SSSR count). The van der Waals surface area contributed by atoms with Gasteiger partial charge in [-0.05, 0) is 20.8 Å². The van der Waals surface area contributed by atoms with Crippen LogP contribution in [0.5, 0.6) is 0 Å². The molecule has 1 aromatic heterocycles. The molecule has 0 aliphatic carbocycles. The number of rotatable bonds is 4. The topological polar surface area (TPSA) is 62.5 Å². The number of aryl methyl sites for hydroxylation is 2. The maximum atomic E-state index is 9.02. The Morgan fingerprint density at radius 1 is 0.840 bits per heavy atom. The molecule has 5 heteroatoms. The molecule has 1 heterocycles. The largest absolute Gasteiger partial charge is 0.219 e. The third-order valence-corrected chi connectivity index (χ3v) is 4.62. The van der Waals surface area contributed by atoms with Crippen LogP contribution >= 0.6 is 11.8 Å². The van der Waals surface area contributed by atoms with Crippen LogP contribution in [0.1, 0.15) is 18.1 Å². The van der Waals surface area contributed by atoms with Gasteiger partial charge in [-0.2, -0.15) is 5.26 Å². The average Bonchev–Trinajstić information content (AvgIpc) is 2.63. The van der Waals surface area contributed by atoms with E-state index in [1.165, 1.54) is 22.9 Å². The lowest BCUT2D eigenvalue weighted by Gasteiger charge is -2.10. The number of benzene rings is 2. The van der Waals surface area contributed by atoms with Gasteiger partial charge in [-0.3, -0.25) is 0 Å². The van der Waals surface area contributed by atoms with Gasteiger partial charge < -0.3 is 0 Å². The second-order valence-electron chi connectivity index (χ2n) is 5.91. The number of hydrogen-bond donors (Lipinski definition) is 0. The van der Waals surface area contributed by atoms with Crippen LogP contribution in [0.25, 0.3) is 22.5 Å². The van der Waals surface area contributed by atoms with E-state index in [0.717, 1.165) is 22.5 Å². The van der Waals surface area contributed by atoms with Gasteiger partial charge in [0.25, 0.3) is 0 Å². The van der Waals surface area contributed by atoms with E-state index in [4.69, 9.17) is 10.2 Å². The van der Waals surface area contributed by atoms with Crippen molar-refractivity contribution in [1.29, 1.82) is 5.26 Å². The normalized spacial score (nSPS) is 11.8. The van der Waals surface area contributed by atoms with Gasteiger partial charge in [0.2, 0.25) is 5.16 Å². The third kappa shape index (κ3) is 4.04. The molecule has 124 valence electrons. The van der Waals surface area contributed by atoms with Crippen LogP contribution in [-0.2, 0) is 0 Å². The standard InChI is InChI=1S/C20H18N4S/c1-13-4-8-16(9-5-13)18-19(17-10-6-14(2)7-11-17)23-24-20(22-18)25-15(3)12-21/h4-11,15H,1-3H3. The molecule has 0 aliphatic rings. The predicted molar refractivity (Wildman–Crippen MR) is 101 cm³/mol. The second kappa shape index (κ2) is 7.45. The van der Waals surface area contributed by atoms with Crippen LogP contribution in [-0.4, -0.2) is 20.4 Å². The highest BCUT2D eigenvalue weighted by molar-refractivity contribution is 7.99. The molecule has 0 radical (unpaired) electrons. The van der Waals surface area contributed by atoms with Crippen LogP contribution in [0, 0.1) is 25.2 Å². The number of thioether (sulfide) groups is 1. The molecule has 0 amide bonds. The molecule has 1 unspecified atom stereocenters. The van der Waals surface area contributed by atoms with Gasteiger partial charge in [0.15, 0.2) is 0 Å². The van der Waals surface area contributed by atoms with Crippen molar-refractivity contribution < 1.29 is 0 Å². The fraction of sp³-hybridized carbons (Fsp3) is 0.200.